The van der Waals surface area contributed by atoms with Crippen molar-refractivity contribution in [3.05, 3.63) is 29.8 Å². The Morgan fingerprint density at radius 3 is 2.57 bits per heavy atom. The minimum absolute atomic E-state index is 0.0426. The van der Waals surface area contributed by atoms with Gasteiger partial charge in [0.1, 0.15) is 0 Å². The monoisotopic (exact) mass is 312 g/mol. The number of aryl methyl sites for hydroxylation is 1. The highest BCUT2D eigenvalue weighted by Crippen LogP contribution is 2.24. The van der Waals surface area contributed by atoms with Crippen molar-refractivity contribution in [3.8, 4) is 0 Å². The first kappa shape index (κ1) is 16.3. The van der Waals surface area contributed by atoms with Crippen LogP contribution in [0.15, 0.2) is 24.3 Å². The van der Waals surface area contributed by atoms with Gasteiger partial charge in [0.25, 0.3) is 0 Å². The van der Waals surface area contributed by atoms with Crippen LogP contribution in [0.5, 0.6) is 0 Å². The van der Waals surface area contributed by atoms with Gasteiger partial charge in [0.2, 0.25) is 0 Å². The molecule has 0 amide bonds. The lowest BCUT2D eigenvalue weighted by Gasteiger charge is -2.34. The molecule has 1 heterocycles. The van der Waals surface area contributed by atoms with Gasteiger partial charge in [-0.25, -0.2) is 0 Å². The van der Waals surface area contributed by atoms with E-state index in [0.717, 1.165) is 19.3 Å². The van der Waals surface area contributed by atoms with Crippen molar-refractivity contribution in [2.75, 3.05) is 31.0 Å². The summed E-state index contributed by atoms with van der Waals surface area (Å²) in [4.78, 5) is 0. The van der Waals surface area contributed by atoms with Crippen LogP contribution in [-0.4, -0.2) is 44.6 Å². The number of anilines is 1. The largest absolute Gasteiger partial charge is 0.396 e. The van der Waals surface area contributed by atoms with E-state index in [9.17, 15) is 13.5 Å². The average molecular weight is 312 g/mol. The van der Waals surface area contributed by atoms with Crippen molar-refractivity contribution in [2.45, 2.75) is 26.2 Å². The summed E-state index contributed by atoms with van der Waals surface area (Å²) in [7, 11) is -1.94. The molecule has 0 spiro atoms. The number of nitrogens with zero attached hydrogens (tertiary/aromatic N) is 2. The van der Waals surface area contributed by atoms with Gasteiger partial charge in [-0.2, -0.15) is 12.7 Å². The van der Waals surface area contributed by atoms with E-state index in [-0.39, 0.29) is 12.5 Å². The van der Waals surface area contributed by atoms with E-state index in [1.807, 2.05) is 24.3 Å². The van der Waals surface area contributed by atoms with E-state index in [0.29, 0.717) is 18.8 Å². The van der Waals surface area contributed by atoms with E-state index in [2.05, 4.69) is 6.92 Å². The van der Waals surface area contributed by atoms with Gasteiger partial charge in [-0.1, -0.05) is 19.1 Å². The first-order chi connectivity index (χ1) is 9.98. The number of benzene rings is 1. The lowest BCUT2D eigenvalue weighted by molar-refractivity contribution is 0.165. The van der Waals surface area contributed by atoms with Crippen LogP contribution >= 0.6 is 0 Å². The number of hydrogen-bond donors (Lipinski definition) is 1. The quantitative estimate of drug-likeness (QED) is 0.899. The number of aliphatic hydroxyl groups excluding tert-OH is 1. The van der Waals surface area contributed by atoms with Crippen molar-refractivity contribution < 1.29 is 13.5 Å². The normalized spacial score (nSPS) is 20.4. The molecule has 2 rings (SSSR count). The third-order valence-electron chi connectivity index (χ3n) is 4.12. The fraction of sp³-hybridized carbons (Fsp3) is 0.600. The van der Waals surface area contributed by atoms with Crippen LogP contribution in [0.4, 0.5) is 5.69 Å². The Balaban J connectivity index is 2.17. The van der Waals surface area contributed by atoms with Gasteiger partial charge < -0.3 is 5.11 Å². The average Bonchev–Trinajstić information content (AvgIpc) is 2.54. The molecule has 21 heavy (non-hydrogen) atoms. The van der Waals surface area contributed by atoms with E-state index < -0.39 is 10.2 Å². The Bertz CT molecular complexity index is 557. The molecule has 1 saturated heterocycles. The van der Waals surface area contributed by atoms with Crippen LogP contribution in [0.3, 0.4) is 0 Å². The van der Waals surface area contributed by atoms with Gasteiger partial charge in [-0.3, -0.25) is 4.31 Å². The zero-order chi connectivity index (χ0) is 15.5. The zero-order valence-corrected chi connectivity index (χ0v) is 13.5. The smallest absolute Gasteiger partial charge is 0.303 e. The molecule has 5 nitrogen and oxygen atoms in total. The van der Waals surface area contributed by atoms with Crippen LogP contribution in [0.2, 0.25) is 0 Å². The number of piperidine rings is 1. The van der Waals surface area contributed by atoms with E-state index in [1.165, 1.54) is 14.2 Å². The maximum Gasteiger partial charge on any atom is 0.303 e. The van der Waals surface area contributed by atoms with Crippen molar-refractivity contribution >= 4 is 15.9 Å². The van der Waals surface area contributed by atoms with Gasteiger partial charge in [-0.15, -0.1) is 0 Å². The minimum atomic E-state index is -3.52. The molecule has 0 aromatic heterocycles. The fourth-order valence-electron chi connectivity index (χ4n) is 2.63. The first-order valence-electron chi connectivity index (χ1n) is 7.42. The summed E-state index contributed by atoms with van der Waals surface area (Å²) in [5.74, 6) is 0.0457. The predicted octanol–water partition coefficient (Wildman–Crippen LogP) is 1.63. The molecular weight excluding hydrogens is 288 g/mol. The third kappa shape index (κ3) is 3.56. The second kappa shape index (κ2) is 6.77. The molecule has 0 saturated carbocycles. The van der Waals surface area contributed by atoms with E-state index in [1.54, 1.807) is 7.05 Å². The summed E-state index contributed by atoms with van der Waals surface area (Å²) in [5, 5.41) is 9.25. The van der Waals surface area contributed by atoms with Crippen LogP contribution in [0.25, 0.3) is 0 Å². The molecule has 1 aromatic carbocycles. The molecular formula is C15H24N2O3S. The lowest BCUT2D eigenvalue weighted by atomic mass is 10.0. The number of hydrogen-bond acceptors (Lipinski definition) is 3. The summed E-state index contributed by atoms with van der Waals surface area (Å²) in [6, 6.07) is 7.58. The summed E-state index contributed by atoms with van der Waals surface area (Å²) in [5.41, 5.74) is 1.85. The van der Waals surface area contributed by atoms with Gasteiger partial charge in [-0.05, 0) is 42.9 Å². The van der Waals surface area contributed by atoms with Gasteiger partial charge in [0.05, 0.1) is 5.69 Å². The topological polar surface area (TPSA) is 60.9 Å². The second-order valence-electron chi connectivity index (χ2n) is 5.54. The summed E-state index contributed by atoms with van der Waals surface area (Å²) in [6.45, 7) is 3.03. The second-order valence-corrected chi connectivity index (χ2v) is 7.50. The maximum atomic E-state index is 12.7. The molecule has 1 atom stereocenters. The molecule has 1 aliphatic heterocycles. The molecule has 1 aliphatic rings. The number of aliphatic hydroxyl groups is 1. The Morgan fingerprint density at radius 1 is 1.33 bits per heavy atom. The lowest BCUT2D eigenvalue weighted by Crippen LogP contribution is -2.47. The van der Waals surface area contributed by atoms with Crippen molar-refractivity contribution in [3.63, 3.8) is 0 Å². The molecule has 0 aliphatic carbocycles. The fourth-order valence-corrected chi connectivity index (χ4v) is 4.13. The Hall–Kier alpha value is -1.11. The zero-order valence-electron chi connectivity index (χ0n) is 12.7. The Kier molecular flexibility index (Phi) is 5.24. The van der Waals surface area contributed by atoms with Gasteiger partial charge in [0.15, 0.2) is 0 Å². The first-order valence-corrected chi connectivity index (χ1v) is 8.82. The van der Waals surface area contributed by atoms with Gasteiger partial charge in [0, 0.05) is 26.7 Å². The maximum absolute atomic E-state index is 12.7. The highest BCUT2D eigenvalue weighted by atomic mass is 32.2. The minimum Gasteiger partial charge on any atom is -0.396 e. The summed E-state index contributed by atoms with van der Waals surface area (Å²) in [6.07, 6.45) is 2.62. The molecule has 6 heteroatoms. The Morgan fingerprint density at radius 2 is 2.00 bits per heavy atom. The van der Waals surface area contributed by atoms with Crippen LogP contribution in [-0.2, 0) is 16.6 Å². The SMILES string of the molecule is CCc1ccc(N(C)S(=O)(=O)N2CCCC(CO)C2)cc1. The number of rotatable bonds is 5. The predicted molar refractivity (Wildman–Crippen MR) is 84.5 cm³/mol. The van der Waals surface area contributed by atoms with E-state index >= 15 is 0 Å². The Labute approximate surface area is 127 Å². The van der Waals surface area contributed by atoms with Crippen LogP contribution in [0, 0.1) is 5.92 Å². The van der Waals surface area contributed by atoms with Gasteiger partial charge >= 0.3 is 10.2 Å². The molecule has 0 bridgehead atoms. The van der Waals surface area contributed by atoms with Crippen LogP contribution in [0.1, 0.15) is 25.3 Å². The highest BCUT2D eigenvalue weighted by Gasteiger charge is 2.31. The van der Waals surface area contributed by atoms with Crippen molar-refractivity contribution in [1.82, 2.24) is 4.31 Å². The van der Waals surface area contributed by atoms with Crippen molar-refractivity contribution in [2.24, 2.45) is 5.92 Å². The molecule has 1 unspecified atom stereocenters. The van der Waals surface area contributed by atoms with E-state index in [4.69, 9.17) is 0 Å². The molecule has 1 aromatic rings. The van der Waals surface area contributed by atoms with Crippen LogP contribution < -0.4 is 4.31 Å². The third-order valence-corrected chi connectivity index (χ3v) is 6.01. The molecule has 0 radical (unpaired) electrons. The standard InChI is InChI=1S/C15H24N2O3S/c1-3-13-6-8-15(9-7-13)16(2)21(19,20)17-10-4-5-14(11-17)12-18/h6-9,14,18H,3-5,10-12H2,1-2H3. The molecule has 1 fully saturated rings. The molecule has 1 N–H and O–H groups in total. The highest BCUT2D eigenvalue weighted by molar-refractivity contribution is 7.90. The molecule has 118 valence electrons. The summed E-state index contributed by atoms with van der Waals surface area (Å²) < 4.78 is 28.1. The summed E-state index contributed by atoms with van der Waals surface area (Å²) >= 11 is 0. The van der Waals surface area contributed by atoms with Crippen molar-refractivity contribution in [1.29, 1.82) is 0 Å².